The Bertz CT molecular complexity index is 1060. The van der Waals surface area contributed by atoms with E-state index in [2.05, 4.69) is 15.1 Å². The molecule has 2 aromatic heterocycles. The highest BCUT2D eigenvalue weighted by atomic mass is 19.1. The van der Waals surface area contributed by atoms with Gasteiger partial charge in [0.05, 0.1) is 24.5 Å². The predicted octanol–water partition coefficient (Wildman–Crippen LogP) is 3.94. The number of hydrogen-bond donors (Lipinski definition) is 0. The summed E-state index contributed by atoms with van der Waals surface area (Å²) < 4.78 is 20.3. The monoisotopic (exact) mass is 334 g/mol. The van der Waals surface area contributed by atoms with Crippen molar-refractivity contribution in [3.8, 4) is 22.8 Å². The van der Waals surface area contributed by atoms with Crippen LogP contribution in [0.15, 0.2) is 55.0 Å². The summed E-state index contributed by atoms with van der Waals surface area (Å²) in [6, 6.07) is 10.3. The van der Waals surface area contributed by atoms with E-state index < -0.39 is 0 Å². The second kappa shape index (κ2) is 5.98. The highest BCUT2D eigenvalue weighted by Gasteiger charge is 2.14. The minimum atomic E-state index is -0.270. The Kier molecular flexibility index (Phi) is 3.65. The third-order valence-corrected chi connectivity index (χ3v) is 4.10. The molecule has 0 spiro atoms. The van der Waals surface area contributed by atoms with Gasteiger partial charge in [-0.25, -0.2) is 19.0 Å². The van der Waals surface area contributed by atoms with Crippen LogP contribution in [-0.2, 0) is 0 Å². The Morgan fingerprint density at radius 1 is 1.04 bits per heavy atom. The summed E-state index contributed by atoms with van der Waals surface area (Å²) >= 11 is 0. The molecule has 2 heterocycles. The van der Waals surface area contributed by atoms with Crippen molar-refractivity contribution in [1.29, 1.82) is 0 Å². The van der Waals surface area contributed by atoms with Crippen molar-refractivity contribution in [3.63, 3.8) is 0 Å². The maximum Gasteiger partial charge on any atom is 0.240 e. The smallest absolute Gasteiger partial charge is 0.240 e. The maximum absolute atomic E-state index is 13.2. The van der Waals surface area contributed by atoms with Crippen molar-refractivity contribution in [2.45, 2.75) is 6.92 Å². The van der Waals surface area contributed by atoms with Gasteiger partial charge in [-0.05, 0) is 48.9 Å². The van der Waals surface area contributed by atoms with E-state index in [1.165, 1.54) is 12.1 Å². The van der Waals surface area contributed by atoms with Crippen molar-refractivity contribution >= 4 is 10.9 Å². The number of fused-ring (bicyclic) bond motifs is 1. The van der Waals surface area contributed by atoms with Gasteiger partial charge in [0.1, 0.15) is 11.5 Å². The topological polar surface area (TPSA) is 52.8 Å². The molecule has 25 heavy (non-hydrogen) atoms. The Balaban J connectivity index is 1.88. The zero-order valence-corrected chi connectivity index (χ0v) is 13.8. The van der Waals surface area contributed by atoms with Crippen molar-refractivity contribution in [2.24, 2.45) is 0 Å². The van der Waals surface area contributed by atoms with Gasteiger partial charge >= 0.3 is 0 Å². The number of benzene rings is 2. The summed E-state index contributed by atoms with van der Waals surface area (Å²) in [6.07, 6.45) is 5.02. The molecule has 0 saturated heterocycles. The summed E-state index contributed by atoms with van der Waals surface area (Å²) in [5, 5.41) is 5.40. The number of aryl methyl sites for hydroxylation is 1. The molecule has 0 amide bonds. The highest BCUT2D eigenvalue weighted by molar-refractivity contribution is 5.87. The van der Waals surface area contributed by atoms with Crippen LogP contribution in [0.1, 0.15) is 5.56 Å². The molecule has 5 nitrogen and oxygen atoms in total. The molecule has 0 aliphatic rings. The fourth-order valence-electron chi connectivity index (χ4n) is 2.88. The highest BCUT2D eigenvalue weighted by Crippen LogP contribution is 2.32. The fraction of sp³-hybridized carbons (Fsp3) is 0.105. The minimum Gasteiger partial charge on any atom is -0.479 e. The molecule has 124 valence electrons. The third kappa shape index (κ3) is 2.61. The van der Waals surface area contributed by atoms with E-state index in [1.807, 2.05) is 19.1 Å². The second-order valence-corrected chi connectivity index (χ2v) is 5.67. The van der Waals surface area contributed by atoms with E-state index in [9.17, 15) is 4.39 Å². The summed E-state index contributed by atoms with van der Waals surface area (Å²) in [7, 11) is 1.58. The quantitative estimate of drug-likeness (QED) is 0.569. The first-order valence-corrected chi connectivity index (χ1v) is 7.77. The molecule has 0 aliphatic heterocycles. The molecule has 0 unspecified atom stereocenters. The van der Waals surface area contributed by atoms with Crippen LogP contribution in [0, 0.1) is 12.7 Å². The number of methoxy groups -OCH3 is 1. The van der Waals surface area contributed by atoms with Gasteiger partial charge in [-0.2, -0.15) is 5.10 Å². The lowest BCUT2D eigenvalue weighted by molar-refractivity contribution is 0.397. The SMILES string of the molecule is COc1nccnc1-c1cc2cnn(-c3ccc(F)cc3)c2cc1C. The molecule has 4 rings (SSSR count). The summed E-state index contributed by atoms with van der Waals surface area (Å²) in [5.41, 5.74) is 4.40. The third-order valence-electron chi connectivity index (χ3n) is 4.10. The molecule has 6 heteroatoms. The summed E-state index contributed by atoms with van der Waals surface area (Å²) in [6.45, 7) is 2.00. The number of halogens is 1. The zero-order chi connectivity index (χ0) is 17.4. The van der Waals surface area contributed by atoms with Gasteiger partial charge in [-0.15, -0.1) is 0 Å². The molecule has 0 bridgehead atoms. The molecule has 0 radical (unpaired) electrons. The number of rotatable bonds is 3. The van der Waals surface area contributed by atoms with Crippen molar-refractivity contribution in [2.75, 3.05) is 7.11 Å². The lowest BCUT2D eigenvalue weighted by Gasteiger charge is -2.10. The molecule has 0 aliphatic carbocycles. The predicted molar refractivity (Wildman–Crippen MR) is 93.3 cm³/mol. The van der Waals surface area contributed by atoms with E-state index in [4.69, 9.17) is 4.74 Å². The molecule has 0 N–H and O–H groups in total. The van der Waals surface area contributed by atoms with Gasteiger partial charge in [-0.3, -0.25) is 0 Å². The van der Waals surface area contributed by atoms with Gasteiger partial charge in [0.15, 0.2) is 0 Å². The van der Waals surface area contributed by atoms with Gasteiger partial charge in [-0.1, -0.05) is 0 Å². The Labute approximate surface area is 143 Å². The summed E-state index contributed by atoms with van der Waals surface area (Å²) in [5.74, 6) is 0.212. The second-order valence-electron chi connectivity index (χ2n) is 5.67. The van der Waals surface area contributed by atoms with Gasteiger partial charge in [0.25, 0.3) is 0 Å². The number of aromatic nitrogens is 4. The van der Waals surface area contributed by atoms with Crippen molar-refractivity contribution in [3.05, 3.63) is 66.4 Å². The van der Waals surface area contributed by atoms with Gasteiger partial charge < -0.3 is 4.74 Å². The number of nitrogens with zero attached hydrogens (tertiary/aromatic N) is 4. The van der Waals surface area contributed by atoms with Crippen LogP contribution in [0.3, 0.4) is 0 Å². The van der Waals surface area contributed by atoms with Crippen LogP contribution in [0.25, 0.3) is 27.8 Å². The molecular formula is C19H15FN4O. The normalized spacial score (nSPS) is 11.0. The number of hydrogen-bond acceptors (Lipinski definition) is 4. The van der Waals surface area contributed by atoms with Crippen LogP contribution >= 0.6 is 0 Å². The molecule has 4 aromatic rings. The lowest BCUT2D eigenvalue weighted by atomic mass is 10.0. The number of ether oxygens (including phenoxy) is 1. The first kappa shape index (κ1) is 15.3. The first-order valence-electron chi connectivity index (χ1n) is 7.77. The van der Waals surface area contributed by atoms with Crippen LogP contribution in [-0.4, -0.2) is 26.9 Å². The lowest BCUT2D eigenvalue weighted by Crippen LogP contribution is -1.98. The maximum atomic E-state index is 13.2. The average Bonchev–Trinajstić information content (AvgIpc) is 3.04. The van der Waals surface area contributed by atoms with E-state index >= 15 is 0 Å². The van der Waals surface area contributed by atoms with Crippen LogP contribution in [0.2, 0.25) is 0 Å². The van der Waals surface area contributed by atoms with E-state index in [0.29, 0.717) is 11.6 Å². The van der Waals surface area contributed by atoms with Crippen molar-refractivity contribution in [1.82, 2.24) is 19.7 Å². The molecule has 0 fully saturated rings. The first-order chi connectivity index (χ1) is 12.2. The van der Waals surface area contributed by atoms with E-state index in [-0.39, 0.29) is 5.82 Å². The molecule has 2 aromatic carbocycles. The average molecular weight is 334 g/mol. The van der Waals surface area contributed by atoms with E-state index in [0.717, 1.165) is 27.7 Å². The zero-order valence-electron chi connectivity index (χ0n) is 13.8. The van der Waals surface area contributed by atoms with Crippen LogP contribution in [0.5, 0.6) is 5.88 Å². The van der Waals surface area contributed by atoms with Gasteiger partial charge in [0.2, 0.25) is 5.88 Å². The van der Waals surface area contributed by atoms with Crippen molar-refractivity contribution < 1.29 is 9.13 Å². The largest absolute Gasteiger partial charge is 0.479 e. The Morgan fingerprint density at radius 2 is 1.80 bits per heavy atom. The van der Waals surface area contributed by atoms with Gasteiger partial charge in [0, 0.05) is 23.3 Å². The van der Waals surface area contributed by atoms with Crippen LogP contribution in [0.4, 0.5) is 4.39 Å². The molecular weight excluding hydrogens is 319 g/mol. The minimum absolute atomic E-state index is 0.270. The van der Waals surface area contributed by atoms with Crippen LogP contribution < -0.4 is 4.74 Å². The summed E-state index contributed by atoms with van der Waals surface area (Å²) in [4.78, 5) is 8.62. The standard InChI is InChI=1S/C19H15FN4O/c1-12-9-17-13(10-16(12)18-19(25-2)22-8-7-21-18)11-23-24(17)15-5-3-14(20)4-6-15/h3-11H,1-2H3. The fourth-order valence-corrected chi connectivity index (χ4v) is 2.88. The molecule has 0 atom stereocenters. The molecule has 0 saturated carbocycles. The Hall–Kier alpha value is -3.28. The Morgan fingerprint density at radius 3 is 2.56 bits per heavy atom. The van der Waals surface area contributed by atoms with E-state index in [1.54, 1.807) is 42.5 Å².